The molecule has 13 rings (SSSR count). The summed E-state index contributed by atoms with van der Waals surface area (Å²) in [4.78, 5) is 61.1. The Bertz CT molecular complexity index is 2860. The lowest BCUT2D eigenvalue weighted by Crippen LogP contribution is -2.53. The van der Waals surface area contributed by atoms with E-state index >= 15 is 0 Å². The standard InChI is InChI=1S/C31H52O.C29H46O2.C28H42O3/c1-20(12-15-29(6,7)28(3,4)5)24-10-11-25-27-21(2)18-22-19-23(32)13-16-30(22,8)26(27)14-17-31(24,25)9;1-18(2)15-22(30)8-7-19(3)24-9-10-25-27-20(4)16-21-17-23(31)11-13-28(21,5)26(27)12-14-29(24,25)6;1-16(2)14-18(29)7-6-17(3)20-8-9-21-24-22(11-13-27(20,21)4)28(5)12-10-19(30)15-23(28)25-26(24)31-25/h19-21,24-27H,10-18H2,1-9H3;17-20,24-27H,7-16H2,1-6H3;15-17,20-22,24-26H,6-14H2,1-5H3. The van der Waals surface area contributed by atoms with Crippen LogP contribution in [0.2, 0.25) is 0 Å². The van der Waals surface area contributed by atoms with Crippen LogP contribution in [0.15, 0.2) is 34.9 Å². The number of hydrogen-bond donors (Lipinski definition) is 0. The van der Waals surface area contributed by atoms with Crippen molar-refractivity contribution in [1.29, 1.82) is 0 Å². The van der Waals surface area contributed by atoms with Gasteiger partial charge in [0, 0.05) is 44.9 Å². The SMILES string of the molecule is CC(C)CC(=O)CCC(C)C1CCC2C3C(C)CC4=CC(=O)CCC4(C)C3CCC12C.CC(C)CC(=O)CCC(C)C1CCC2C3C4OC4C4=CC(=O)CCC4(C)C3CCC12C.CC1CC2=CC(=O)CCC2(C)C2CCC3(C)C(C(C)CCC(C)(C)C(C)(C)C)CCC3C12. The summed E-state index contributed by atoms with van der Waals surface area (Å²) in [5.41, 5.74) is 7.19. The van der Waals surface area contributed by atoms with Crippen LogP contribution in [0.4, 0.5) is 0 Å². The first kappa shape index (κ1) is 72.8. The van der Waals surface area contributed by atoms with Gasteiger partial charge >= 0.3 is 0 Å². The van der Waals surface area contributed by atoms with Crippen molar-refractivity contribution in [2.24, 2.45) is 156 Å². The molecule has 6 nitrogen and oxygen atoms in total. The topological polar surface area (TPSA) is 97.9 Å². The van der Waals surface area contributed by atoms with Crippen molar-refractivity contribution >= 4 is 28.9 Å². The minimum Gasteiger partial charge on any atom is -0.365 e. The predicted molar refractivity (Wildman–Crippen MR) is 386 cm³/mol. The molecule has 6 heteroatoms. The van der Waals surface area contributed by atoms with Crippen LogP contribution < -0.4 is 0 Å². The monoisotopic (exact) mass is 1290 g/mol. The summed E-state index contributed by atoms with van der Waals surface area (Å²) in [7, 11) is 0. The summed E-state index contributed by atoms with van der Waals surface area (Å²) < 4.78 is 6.33. The van der Waals surface area contributed by atoms with Crippen molar-refractivity contribution in [2.45, 2.75) is 330 Å². The smallest absolute Gasteiger partial charge is 0.155 e. The van der Waals surface area contributed by atoms with Gasteiger partial charge in [-0.15, -0.1) is 0 Å². The van der Waals surface area contributed by atoms with Crippen LogP contribution in [0.25, 0.3) is 0 Å². The van der Waals surface area contributed by atoms with Gasteiger partial charge in [0.1, 0.15) is 17.7 Å². The van der Waals surface area contributed by atoms with Gasteiger partial charge in [-0.2, -0.15) is 0 Å². The number of rotatable bonds is 16. The number of ether oxygens (including phenoxy) is 1. The van der Waals surface area contributed by atoms with Crippen LogP contribution >= 0.6 is 0 Å². The molecule has 0 aromatic heterocycles. The van der Waals surface area contributed by atoms with E-state index in [9.17, 15) is 24.0 Å². The summed E-state index contributed by atoms with van der Waals surface area (Å²) in [5.74, 6) is 15.9. The van der Waals surface area contributed by atoms with Crippen LogP contribution in [-0.4, -0.2) is 41.1 Å². The third kappa shape index (κ3) is 13.1. The van der Waals surface area contributed by atoms with Gasteiger partial charge in [0.2, 0.25) is 0 Å². The number of fused-ring (bicyclic) bond motifs is 18. The second-order valence-electron chi connectivity index (χ2n) is 40.5. The van der Waals surface area contributed by atoms with Crippen molar-refractivity contribution < 1.29 is 28.7 Å². The molecule has 0 radical (unpaired) electrons. The average Bonchev–Trinajstić information content (AvgIpc) is 1.49. The average molecular weight is 1290 g/mol. The molecule has 0 aromatic rings. The molecule has 94 heavy (non-hydrogen) atoms. The third-order valence-corrected chi connectivity index (χ3v) is 33.4. The first-order valence-electron chi connectivity index (χ1n) is 40.3. The highest BCUT2D eigenvalue weighted by atomic mass is 16.6. The summed E-state index contributed by atoms with van der Waals surface area (Å²) in [6.45, 7) is 48.6. The number of Topliss-reactive ketones (excluding diaryl/α,β-unsaturated/α-hetero) is 2. The highest BCUT2D eigenvalue weighted by Crippen LogP contribution is 2.73. The molecule has 25 unspecified atom stereocenters. The number of epoxide rings is 1. The van der Waals surface area contributed by atoms with Crippen LogP contribution in [0.1, 0.15) is 318 Å². The van der Waals surface area contributed by atoms with E-state index in [1.54, 1.807) is 0 Å². The van der Waals surface area contributed by atoms with Gasteiger partial charge in [-0.05, 0) is 314 Å². The molecule has 1 heterocycles. The lowest BCUT2D eigenvalue weighted by Gasteiger charge is -2.60. The Morgan fingerprint density at radius 3 is 1.22 bits per heavy atom. The molecule has 25 atom stereocenters. The van der Waals surface area contributed by atoms with E-state index in [-0.39, 0.29) is 16.9 Å². The van der Waals surface area contributed by atoms with Gasteiger partial charge in [-0.1, -0.05) is 150 Å². The molecule has 0 N–H and O–H groups in total. The summed E-state index contributed by atoms with van der Waals surface area (Å²) in [6, 6.07) is 0. The van der Waals surface area contributed by atoms with Gasteiger partial charge in [0.15, 0.2) is 17.3 Å². The van der Waals surface area contributed by atoms with E-state index in [1.165, 1.54) is 113 Å². The van der Waals surface area contributed by atoms with Crippen molar-refractivity contribution in [3.8, 4) is 0 Å². The molecular formula is C88H140O6. The second kappa shape index (κ2) is 26.8. The summed E-state index contributed by atoms with van der Waals surface area (Å²) in [5, 5.41) is 0. The van der Waals surface area contributed by atoms with Gasteiger partial charge in [0.05, 0.1) is 6.10 Å². The lowest BCUT2D eigenvalue weighted by atomic mass is 9.44. The molecular weight excluding hydrogens is 1150 g/mol. The maximum Gasteiger partial charge on any atom is 0.155 e. The third-order valence-electron chi connectivity index (χ3n) is 33.4. The summed E-state index contributed by atoms with van der Waals surface area (Å²) in [6.07, 6.45) is 38.7. The van der Waals surface area contributed by atoms with E-state index in [2.05, 4.69) is 145 Å². The highest BCUT2D eigenvalue weighted by molar-refractivity contribution is 5.93. The van der Waals surface area contributed by atoms with Crippen molar-refractivity contribution in [3.63, 3.8) is 0 Å². The van der Waals surface area contributed by atoms with E-state index in [1.807, 2.05) is 12.2 Å². The fraction of sp³-hybridized carbons (Fsp3) is 0.875. The van der Waals surface area contributed by atoms with E-state index in [0.29, 0.717) is 115 Å². The van der Waals surface area contributed by atoms with Crippen molar-refractivity contribution in [1.82, 2.24) is 0 Å². The van der Waals surface area contributed by atoms with E-state index in [0.717, 1.165) is 148 Å². The number of hydrogen-bond acceptors (Lipinski definition) is 6. The van der Waals surface area contributed by atoms with Crippen LogP contribution in [0, 0.1) is 156 Å². The minimum atomic E-state index is 0.171. The zero-order chi connectivity index (χ0) is 68.4. The van der Waals surface area contributed by atoms with Gasteiger partial charge < -0.3 is 4.74 Å². The molecule has 1 saturated heterocycles. The largest absolute Gasteiger partial charge is 0.365 e. The fourth-order valence-corrected chi connectivity index (χ4v) is 27.0. The zero-order valence-corrected chi connectivity index (χ0v) is 64.1. The Labute approximate surface area is 575 Å². The quantitative estimate of drug-likeness (QED) is 0.143. The molecule has 0 amide bonds. The molecule has 13 aliphatic rings. The molecule has 12 aliphatic carbocycles. The molecule has 528 valence electrons. The van der Waals surface area contributed by atoms with Gasteiger partial charge in [-0.25, -0.2) is 0 Å². The summed E-state index contributed by atoms with van der Waals surface area (Å²) >= 11 is 0. The highest BCUT2D eigenvalue weighted by Gasteiger charge is 2.70. The Kier molecular flexibility index (Phi) is 20.8. The predicted octanol–water partition coefficient (Wildman–Crippen LogP) is 22.4. The molecule has 9 saturated carbocycles. The lowest BCUT2D eigenvalue weighted by molar-refractivity contribution is -0.121. The number of carbonyl (C=O) groups is 5. The van der Waals surface area contributed by atoms with E-state index < -0.39 is 0 Å². The van der Waals surface area contributed by atoms with Crippen molar-refractivity contribution in [3.05, 3.63) is 34.9 Å². The first-order chi connectivity index (χ1) is 43.9. The molecule has 10 fully saturated rings. The molecule has 1 aliphatic heterocycles. The number of ketones is 5. The molecule has 0 bridgehead atoms. The first-order valence-corrected chi connectivity index (χ1v) is 40.3. The Hall–Kier alpha value is -2.47. The maximum atomic E-state index is 12.3. The Morgan fingerprint density at radius 1 is 0.468 bits per heavy atom. The normalized spacial score (nSPS) is 44.3. The van der Waals surface area contributed by atoms with Gasteiger partial charge in [0.25, 0.3) is 0 Å². The molecule has 0 aromatic carbocycles. The minimum absolute atomic E-state index is 0.171. The zero-order valence-electron chi connectivity index (χ0n) is 64.1. The molecule has 0 spiro atoms. The van der Waals surface area contributed by atoms with Crippen LogP contribution in [-0.2, 0) is 28.7 Å². The Balaban J connectivity index is 0.000000144. The maximum absolute atomic E-state index is 12.3. The van der Waals surface area contributed by atoms with Crippen LogP contribution in [0.3, 0.4) is 0 Å². The Morgan fingerprint density at radius 2 is 0.830 bits per heavy atom. The number of allylic oxidation sites excluding steroid dienone is 2. The van der Waals surface area contributed by atoms with Crippen molar-refractivity contribution in [2.75, 3.05) is 0 Å². The van der Waals surface area contributed by atoms with E-state index in [4.69, 9.17) is 4.74 Å². The second-order valence-corrected chi connectivity index (χ2v) is 40.5. The van der Waals surface area contributed by atoms with Gasteiger partial charge in [-0.3, -0.25) is 24.0 Å². The fourth-order valence-electron chi connectivity index (χ4n) is 27.0. The van der Waals surface area contributed by atoms with Crippen LogP contribution in [0.5, 0.6) is 0 Å². The number of carbonyl (C=O) groups excluding carboxylic acids is 5.